The van der Waals surface area contributed by atoms with E-state index in [1.807, 2.05) is 35.4 Å². The number of carbonyl (C=O) groups excluding carboxylic acids is 2. The molecule has 0 bridgehead atoms. The Morgan fingerprint density at radius 3 is 2.72 bits per heavy atom. The molecule has 36 heavy (non-hydrogen) atoms. The smallest absolute Gasteiger partial charge is 0.338 e. The molecule has 2 aromatic rings. The number of halogens is 1. The van der Waals surface area contributed by atoms with Gasteiger partial charge in [-0.3, -0.25) is 4.79 Å². The highest BCUT2D eigenvalue weighted by Crippen LogP contribution is 2.45. The molecule has 0 spiro atoms. The van der Waals surface area contributed by atoms with Crippen LogP contribution in [0.4, 0.5) is 4.39 Å². The van der Waals surface area contributed by atoms with Crippen molar-refractivity contribution in [3.63, 3.8) is 0 Å². The Morgan fingerprint density at radius 2 is 1.97 bits per heavy atom. The van der Waals surface area contributed by atoms with Crippen molar-refractivity contribution in [2.45, 2.75) is 32.4 Å². The predicted molar refractivity (Wildman–Crippen MR) is 132 cm³/mol. The second kappa shape index (κ2) is 10.1. The SMILES string of the molecule is CCC1=C(C(=O)OC)C(c2ccc(F)cc2)N2C(CC(=O)NCc3ccc4c(c3)OCO4)=CSC2=N1. The number of hydrogen-bond acceptors (Lipinski definition) is 8. The summed E-state index contributed by atoms with van der Waals surface area (Å²) in [6.07, 6.45) is 0.593. The largest absolute Gasteiger partial charge is 0.466 e. The van der Waals surface area contributed by atoms with Gasteiger partial charge in [0.2, 0.25) is 12.7 Å². The van der Waals surface area contributed by atoms with E-state index < -0.39 is 12.0 Å². The Kier molecular flexibility index (Phi) is 6.69. The standard InChI is InChI=1S/C26H24FN3O5S/c1-3-19-23(25(32)33-2)24(16-5-7-17(27)8-6-16)30-18(13-36-26(30)29-19)11-22(31)28-12-15-4-9-20-21(10-15)35-14-34-20/h4-10,13,24H,3,11-12,14H2,1-2H3,(H,28,31). The predicted octanol–water partition coefficient (Wildman–Crippen LogP) is 4.40. The van der Waals surface area contributed by atoms with E-state index in [0.29, 0.717) is 52.2 Å². The Morgan fingerprint density at radius 1 is 1.19 bits per heavy atom. The first kappa shape index (κ1) is 23.9. The lowest BCUT2D eigenvalue weighted by atomic mass is 9.93. The number of aliphatic imine (C=N–C) groups is 1. The number of fused-ring (bicyclic) bond motifs is 2. The van der Waals surface area contributed by atoms with Crippen LogP contribution in [0.1, 0.15) is 36.9 Å². The number of amides is 1. The quantitative estimate of drug-likeness (QED) is 0.554. The summed E-state index contributed by atoms with van der Waals surface area (Å²) in [4.78, 5) is 32.3. The number of methoxy groups -OCH3 is 1. The lowest BCUT2D eigenvalue weighted by Crippen LogP contribution is -2.38. The van der Waals surface area contributed by atoms with Crippen LogP contribution >= 0.6 is 11.8 Å². The summed E-state index contributed by atoms with van der Waals surface area (Å²) in [5.74, 6) is 0.262. The summed E-state index contributed by atoms with van der Waals surface area (Å²) in [5, 5.41) is 5.46. The molecular weight excluding hydrogens is 485 g/mol. The minimum atomic E-state index is -0.594. The van der Waals surface area contributed by atoms with Crippen molar-refractivity contribution in [3.05, 3.63) is 81.8 Å². The van der Waals surface area contributed by atoms with Crippen LogP contribution in [0.3, 0.4) is 0 Å². The van der Waals surface area contributed by atoms with Gasteiger partial charge in [0, 0.05) is 12.2 Å². The minimum absolute atomic E-state index is 0.0736. The van der Waals surface area contributed by atoms with Gasteiger partial charge in [0.25, 0.3) is 0 Å². The molecule has 0 radical (unpaired) electrons. The van der Waals surface area contributed by atoms with Gasteiger partial charge in [-0.1, -0.05) is 36.9 Å². The van der Waals surface area contributed by atoms with Gasteiger partial charge in [-0.05, 0) is 47.2 Å². The number of amidine groups is 1. The Bertz CT molecular complexity index is 1310. The molecule has 0 aromatic heterocycles. The first-order chi connectivity index (χ1) is 17.5. The molecule has 186 valence electrons. The number of hydrogen-bond donors (Lipinski definition) is 1. The topological polar surface area (TPSA) is 89.5 Å². The summed E-state index contributed by atoms with van der Waals surface area (Å²) in [6, 6.07) is 10.9. The van der Waals surface area contributed by atoms with Crippen LogP contribution in [0.2, 0.25) is 0 Å². The maximum atomic E-state index is 13.7. The zero-order valence-electron chi connectivity index (χ0n) is 19.7. The highest BCUT2D eigenvalue weighted by Gasteiger charge is 2.41. The third-order valence-corrected chi connectivity index (χ3v) is 6.97. The maximum Gasteiger partial charge on any atom is 0.338 e. The second-order valence-electron chi connectivity index (χ2n) is 8.29. The van der Waals surface area contributed by atoms with Crippen LogP contribution in [-0.2, 0) is 20.9 Å². The lowest BCUT2D eigenvalue weighted by Gasteiger charge is -2.36. The van der Waals surface area contributed by atoms with Gasteiger partial charge >= 0.3 is 5.97 Å². The van der Waals surface area contributed by atoms with Crippen molar-refractivity contribution in [1.29, 1.82) is 0 Å². The van der Waals surface area contributed by atoms with Gasteiger partial charge < -0.3 is 24.4 Å². The van der Waals surface area contributed by atoms with Crippen LogP contribution in [0.15, 0.2) is 69.8 Å². The lowest BCUT2D eigenvalue weighted by molar-refractivity contribution is -0.136. The molecule has 1 unspecified atom stereocenters. The van der Waals surface area contributed by atoms with E-state index in [4.69, 9.17) is 19.2 Å². The summed E-state index contributed by atoms with van der Waals surface area (Å²) in [7, 11) is 1.32. The van der Waals surface area contributed by atoms with Gasteiger partial charge in [-0.15, -0.1) is 0 Å². The molecule has 0 saturated heterocycles. The molecule has 1 amide bonds. The monoisotopic (exact) mass is 509 g/mol. The zero-order chi connectivity index (χ0) is 25.2. The van der Waals surface area contributed by atoms with Gasteiger partial charge in [0.15, 0.2) is 16.7 Å². The second-order valence-corrected chi connectivity index (χ2v) is 9.13. The van der Waals surface area contributed by atoms with Crippen molar-refractivity contribution >= 4 is 28.8 Å². The molecule has 3 aliphatic heterocycles. The van der Waals surface area contributed by atoms with Crippen molar-refractivity contribution < 1.29 is 28.2 Å². The molecule has 5 rings (SSSR count). The fourth-order valence-electron chi connectivity index (χ4n) is 4.35. The van der Waals surface area contributed by atoms with E-state index in [9.17, 15) is 14.0 Å². The van der Waals surface area contributed by atoms with Crippen LogP contribution < -0.4 is 14.8 Å². The first-order valence-electron chi connectivity index (χ1n) is 11.4. The number of thioether (sulfide) groups is 1. The summed E-state index contributed by atoms with van der Waals surface area (Å²) < 4.78 is 29.5. The first-order valence-corrected chi connectivity index (χ1v) is 12.3. The highest BCUT2D eigenvalue weighted by molar-refractivity contribution is 8.16. The third kappa shape index (κ3) is 4.56. The number of carbonyl (C=O) groups is 2. The zero-order valence-corrected chi connectivity index (χ0v) is 20.6. The average Bonchev–Trinajstić information content (AvgIpc) is 3.53. The van der Waals surface area contributed by atoms with Gasteiger partial charge in [-0.25, -0.2) is 14.2 Å². The fourth-order valence-corrected chi connectivity index (χ4v) is 5.29. The number of nitrogens with zero attached hydrogens (tertiary/aromatic N) is 2. The number of ether oxygens (including phenoxy) is 3. The summed E-state index contributed by atoms with van der Waals surface area (Å²) in [6.45, 7) is 2.43. The maximum absolute atomic E-state index is 13.7. The van der Waals surface area contributed by atoms with Crippen LogP contribution in [0.5, 0.6) is 11.5 Å². The Labute approximate surface area is 211 Å². The summed E-state index contributed by atoms with van der Waals surface area (Å²) in [5.41, 5.74) is 3.26. The average molecular weight is 510 g/mol. The molecule has 8 nitrogen and oxygen atoms in total. The minimum Gasteiger partial charge on any atom is -0.466 e. The third-order valence-electron chi connectivity index (χ3n) is 6.08. The number of benzene rings is 2. The van der Waals surface area contributed by atoms with E-state index in [1.165, 1.54) is 31.0 Å². The normalized spacial score (nSPS) is 18.0. The molecule has 2 aromatic carbocycles. The van der Waals surface area contributed by atoms with E-state index in [2.05, 4.69) is 5.32 Å². The molecule has 0 fully saturated rings. The van der Waals surface area contributed by atoms with E-state index in [1.54, 1.807) is 12.1 Å². The van der Waals surface area contributed by atoms with Gasteiger partial charge in [-0.2, -0.15) is 0 Å². The van der Waals surface area contributed by atoms with Crippen molar-refractivity contribution in [2.24, 2.45) is 4.99 Å². The Hall–Kier alpha value is -3.79. The molecule has 3 heterocycles. The van der Waals surface area contributed by atoms with Gasteiger partial charge in [0.1, 0.15) is 5.82 Å². The van der Waals surface area contributed by atoms with Crippen molar-refractivity contribution in [2.75, 3.05) is 13.9 Å². The number of rotatable bonds is 7. The summed E-state index contributed by atoms with van der Waals surface area (Å²) >= 11 is 1.39. The number of allylic oxidation sites excluding steroid dienone is 1. The molecule has 3 aliphatic rings. The fraction of sp³-hybridized carbons (Fsp3) is 0.269. The van der Waals surface area contributed by atoms with Crippen LogP contribution in [-0.4, -0.2) is 35.8 Å². The van der Waals surface area contributed by atoms with E-state index in [0.717, 1.165) is 5.56 Å². The molecule has 10 heteroatoms. The van der Waals surface area contributed by atoms with Crippen molar-refractivity contribution in [3.8, 4) is 11.5 Å². The van der Waals surface area contributed by atoms with E-state index >= 15 is 0 Å². The van der Waals surface area contributed by atoms with Gasteiger partial charge in [0.05, 0.1) is 30.8 Å². The van der Waals surface area contributed by atoms with Crippen LogP contribution in [0, 0.1) is 5.82 Å². The number of nitrogens with one attached hydrogen (secondary N) is 1. The number of esters is 1. The van der Waals surface area contributed by atoms with E-state index in [-0.39, 0.29) is 24.9 Å². The molecule has 0 saturated carbocycles. The Balaban J connectivity index is 1.38. The molecular formula is C26H24FN3O5S. The molecule has 0 aliphatic carbocycles. The molecule has 1 N–H and O–H groups in total. The van der Waals surface area contributed by atoms with Crippen LogP contribution in [0.25, 0.3) is 0 Å². The molecule has 1 atom stereocenters. The highest BCUT2D eigenvalue weighted by atomic mass is 32.2. The van der Waals surface area contributed by atoms with Crippen molar-refractivity contribution in [1.82, 2.24) is 10.2 Å².